The first kappa shape index (κ1) is 16.8. The van der Waals surface area contributed by atoms with Crippen molar-refractivity contribution in [1.82, 2.24) is 19.1 Å². The first-order valence-electron chi connectivity index (χ1n) is 8.97. The van der Waals surface area contributed by atoms with Gasteiger partial charge in [-0.25, -0.2) is 4.79 Å². The van der Waals surface area contributed by atoms with Crippen molar-refractivity contribution < 1.29 is 0 Å². The lowest BCUT2D eigenvalue weighted by Gasteiger charge is -2.31. The molecule has 7 heteroatoms. The molecule has 2 aromatic rings. The Labute approximate surface area is 141 Å². The molecule has 0 radical (unpaired) electrons. The van der Waals surface area contributed by atoms with Crippen LogP contribution in [0.2, 0.25) is 0 Å². The molecule has 132 valence electrons. The van der Waals surface area contributed by atoms with Crippen LogP contribution in [-0.2, 0) is 13.6 Å². The summed E-state index contributed by atoms with van der Waals surface area (Å²) < 4.78 is 3.45. The summed E-state index contributed by atoms with van der Waals surface area (Å²) in [7, 11) is 1.66. The molecule has 0 amide bonds. The summed E-state index contributed by atoms with van der Waals surface area (Å²) in [5.41, 5.74) is 0.244. The minimum Gasteiger partial charge on any atom is -0.342 e. The standard InChI is InChI=1S/C17H27N5O2/c1-4-5-6-9-22-13-14(20(3)17(24)19-15(13)23)18-16(22)21-10-7-12(2)8-11-21/h12H,4-11H2,1-3H3,(H,19,23,24). The quantitative estimate of drug-likeness (QED) is 0.847. The lowest BCUT2D eigenvalue weighted by molar-refractivity contribution is 0.430. The highest BCUT2D eigenvalue weighted by Gasteiger charge is 2.24. The van der Waals surface area contributed by atoms with Crippen LogP contribution in [0.25, 0.3) is 11.2 Å². The van der Waals surface area contributed by atoms with Gasteiger partial charge < -0.3 is 9.47 Å². The van der Waals surface area contributed by atoms with E-state index in [1.807, 2.05) is 4.57 Å². The molecule has 0 saturated carbocycles. The molecule has 0 atom stereocenters. The van der Waals surface area contributed by atoms with Crippen LogP contribution in [-0.4, -0.2) is 32.2 Å². The maximum absolute atomic E-state index is 12.4. The van der Waals surface area contributed by atoms with Gasteiger partial charge in [-0.05, 0) is 25.2 Å². The molecule has 1 aliphatic heterocycles. The van der Waals surface area contributed by atoms with Gasteiger partial charge in [0.15, 0.2) is 11.2 Å². The lowest BCUT2D eigenvalue weighted by Crippen LogP contribution is -2.35. The molecule has 2 aromatic heterocycles. The number of H-pyrrole nitrogens is 1. The van der Waals surface area contributed by atoms with Gasteiger partial charge in [-0.3, -0.25) is 14.3 Å². The molecule has 1 N–H and O–H groups in total. The van der Waals surface area contributed by atoms with E-state index in [-0.39, 0.29) is 5.56 Å². The van der Waals surface area contributed by atoms with Gasteiger partial charge in [0.05, 0.1) is 0 Å². The van der Waals surface area contributed by atoms with Gasteiger partial charge in [-0.2, -0.15) is 4.98 Å². The summed E-state index contributed by atoms with van der Waals surface area (Å²) in [5, 5.41) is 0. The summed E-state index contributed by atoms with van der Waals surface area (Å²) in [5.74, 6) is 1.56. The first-order chi connectivity index (χ1) is 11.5. The Morgan fingerprint density at radius 3 is 2.58 bits per heavy atom. The summed E-state index contributed by atoms with van der Waals surface area (Å²) in [4.78, 5) is 33.7. The van der Waals surface area contributed by atoms with Crippen LogP contribution in [0.15, 0.2) is 9.59 Å². The maximum Gasteiger partial charge on any atom is 0.329 e. The normalized spacial score (nSPS) is 16.2. The number of nitrogens with one attached hydrogen (secondary N) is 1. The number of fused-ring (bicyclic) bond motifs is 1. The van der Waals surface area contributed by atoms with Crippen molar-refractivity contribution in [2.24, 2.45) is 13.0 Å². The Morgan fingerprint density at radius 1 is 1.21 bits per heavy atom. The van der Waals surface area contributed by atoms with Crippen molar-refractivity contribution in [2.75, 3.05) is 18.0 Å². The summed E-state index contributed by atoms with van der Waals surface area (Å²) in [6, 6.07) is 0. The maximum atomic E-state index is 12.4. The second-order valence-corrected chi connectivity index (χ2v) is 6.93. The number of aromatic nitrogens is 4. The Morgan fingerprint density at radius 2 is 1.92 bits per heavy atom. The van der Waals surface area contributed by atoms with Gasteiger partial charge >= 0.3 is 5.69 Å². The van der Waals surface area contributed by atoms with Crippen molar-refractivity contribution >= 4 is 17.1 Å². The van der Waals surface area contributed by atoms with Crippen molar-refractivity contribution in [3.63, 3.8) is 0 Å². The van der Waals surface area contributed by atoms with Crippen LogP contribution in [0.1, 0.15) is 46.0 Å². The van der Waals surface area contributed by atoms with Crippen LogP contribution in [0.4, 0.5) is 5.95 Å². The predicted molar refractivity (Wildman–Crippen MR) is 95.7 cm³/mol. The number of aromatic amines is 1. The Kier molecular flexibility index (Phi) is 4.78. The van der Waals surface area contributed by atoms with E-state index in [0.29, 0.717) is 11.2 Å². The average Bonchev–Trinajstić information content (AvgIpc) is 2.94. The molecule has 3 heterocycles. The van der Waals surface area contributed by atoms with Gasteiger partial charge in [0.25, 0.3) is 5.56 Å². The van der Waals surface area contributed by atoms with E-state index in [0.717, 1.165) is 63.6 Å². The summed E-state index contributed by atoms with van der Waals surface area (Å²) >= 11 is 0. The fraction of sp³-hybridized carbons (Fsp3) is 0.706. The third kappa shape index (κ3) is 2.99. The third-order valence-corrected chi connectivity index (χ3v) is 5.04. The monoisotopic (exact) mass is 333 g/mol. The van der Waals surface area contributed by atoms with E-state index < -0.39 is 5.69 Å². The van der Waals surface area contributed by atoms with E-state index in [9.17, 15) is 9.59 Å². The zero-order valence-electron chi connectivity index (χ0n) is 14.8. The van der Waals surface area contributed by atoms with Crippen molar-refractivity contribution in [3.05, 3.63) is 20.8 Å². The molecule has 1 aliphatic rings. The predicted octanol–water partition coefficient (Wildman–Crippen LogP) is 1.85. The van der Waals surface area contributed by atoms with Crippen molar-refractivity contribution in [2.45, 2.75) is 52.5 Å². The molecule has 7 nitrogen and oxygen atoms in total. The number of imidazole rings is 1. The van der Waals surface area contributed by atoms with Crippen LogP contribution < -0.4 is 16.1 Å². The zero-order valence-corrected chi connectivity index (χ0v) is 14.8. The smallest absolute Gasteiger partial charge is 0.329 e. The Balaban J connectivity index is 2.10. The number of aryl methyl sites for hydroxylation is 2. The summed E-state index contributed by atoms with van der Waals surface area (Å²) in [6.07, 6.45) is 5.50. The van der Waals surface area contributed by atoms with Gasteiger partial charge in [0, 0.05) is 26.7 Å². The number of nitrogens with zero attached hydrogens (tertiary/aromatic N) is 4. The molecule has 0 aliphatic carbocycles. The highest BCUT2D eigenvalue weighted by Crippen LogP contribution is 2.25. The minimum atomic E-state index is -0.412. The molecular weight excluding hydrogens is 306 g/mol. The SMILES string of the molecule is CCCCCn1c(N2CCC(C)CC2)nc2c1c(=O)[nH]c(=O)n2C. The van der Waals surface area contributed by atoms with Gasteiger partial charge in [0.1, 0.15) is 0 Å². The zero-order chi connectivity index (χ0) is 17.3. The van der Waals surface area contributed by atoms with Crippen molar-refractivity contribution in [3.8, 4) is 0 Å². The molecule has 24 heavy (non-hydrogen) atoms. The van der Waals surface area contributed by atoms with Crippen LogP contribution in [0.5, 0.6) is 0 Å². The molecule has 1 fully saturated rings. The first-order valence-corrected chi connectivity index (χ1v) is 8.97. The summed E-state index contributed by atoms with van der Waals surface area (Å²) in [6.45, 7) is 7.09. The number of piperidine rings is 1. The van der Waals surface area contributed by atoms with E-state index in [4.69, 9.17) is 4.98 Å². The van der Waals surface area contributed by atoms with E-state index in [1.54, 1.807) is 7.05 Å². The van der Waals surface area contributed by atoms with Crippen LogP contribution >= 0.6 is 0 Å². The second kappa shape index (κ2) is 6.83. The van der Waals surface area contributed by atoms with Gasteiger partial charge in [0.2, 0.25) is 5.95 Å². The molecule has 0 spiro atoms. The number of hydrogen-bond donors (Lipinski definition) is 1. The number of rotatable bonds is 5. The molecule has 1 saturated heterocycles. The minimum absolute atomic E-state index is 0.339. The average molecular weight is 333 g/mol. The van der Waals surface area contributed by atoms with Gasteiger partial charge in [-0.1, -0.05) is 26.7 Å². The van der Waals surface area contributed by atoms with Crippen molar-refractivity contribution in [1.29, 1.82) is 0 Å². The van der Waals surface area contributed by atoms with E-state index in [2.05, 4.69) is 23.7 Å². The van der Waals surface area contributed by atoms with Crippen LogP contribution in [0.3, 0.4) is 0 Å². The third-order valence-electron chi connectivity index (χ3n) is 5.04. The van der Waals surface area contributed by atoms with Crippen LogP contribution in [0, 0.1) is 5.92 Å². The molecule has 0 unspecified atom stereocenters. The second-order valence-electron chi connectivity index (χ2n) is 6.93. The molecule has 0 bridgehead atoms. The largest absolute Gasteiger partial charge is 0.342 e. The van der Waals surface area contributed by atoms with Gasteiger partial charge in [-0.15, -0.1) is 0 Å². The number of unbranched alkanes of at least 4 members (excludes halogenated alkanes) is 2. The molecule has 0 aromatic carbocycles. The van der Waals surface area contributed by atoms with E-state index >= 15 is 0 Å². The van der Waals surface area contributed by atoms with E-state index in [1.165, 1.54) is 4.57 Å². The highest BCUT2D eigenvalue weighted by molar-refractivity contribution is 5.74. The molecular formula is C17H27N5O2. The molecule has 3 rings (SSSR count). The highest BCUT2D eigenvalue weighted by atomic mass is 16.2. The number of anilines is 1. The topological polar surface area (TPSA) is 75.9 Å². The lowest BCUT2D eigenvalue weighted by atomic mass is 10.00. The fourth-order valence-electron chi connectivity index (χ4n) is 3.40. The Hall–Kier alpha value is -2.05. The number of hydrogen-bond acceptors (Lipinski definition) is 4. The Bertz CT molecular complexity index is 824. The fourth-order valence-corrected chi connectivity index (χ4v) is 3.40.